The Hall–Kier alpha value is -3.55. The Morgan fingerprint density at radius 2 is 1.93 bits per heavy atom. The maximum atomic E-state index is 12.1. The van der Waals surface area contributed by atoms with Gasteiger partial charge in [0, 0.05) is 61.8 Å². The summed E-state index contributed by atoms with van der Waals surface area (Å²) in [5.74, 6) is 0.0133. The fourth-order valence-corrected chi connectivity index (χ4v) is 3.26. The van der Waals surface area contributed by atoms with Crippen LogP contribution >= 0.6 is 0 Å². The van der Waals surface area contributed by atoms with E-state index in [0.29, 0.717) is 25.9 Å². The van der Waals surface area contributed by atoms with Gasteiger partial charge in [0.25, 0.3) is 0 Å². The Morgan fingerprint density at radius 1 is 1.10 bits per heavy atom. The molecule has 0 fully saturated rings. The first-order chi connectivity index (χ1) is 14.1. The zero-order chi connectivity index (χ0) is 20.2. The van der Waals surface area contributed by atoms with Gasteiger partial charge in [-0.25, -0.2) is 9.50 Å². The SMILES string of the molecule is Cc1cc(C)n(CCC(=O)NCCc2cc3nc(-c4ccncc4)ccn3n2)n1. The number of hydrogen-bond acceptors (Lipinski definition) is 5. The third-order valence-corrected chi connectivity index (χ3v) is 4.71. The molecule has 0 unspecified atom stereocenters. The van der Waals surface area contributed by atoms with E-state index >= 15 is 0 Å². The van der Waals surface area contributed by atoms with Crippen molar-refractivity contribution in [2.24, 2.45) is 0 Å². The topological polar surface area (TPSA) is 90.0 Å². The van der Waals surface area contributed by atoms with Gasteiger partial charge in [0.1, 0.15) is 0 Å². The van der Waals surface area contributed by atoms with Crippen molar-refractivity contribution in [1.29, 1.82) is 0 Å². The first-order valence-electron chi connectivity index (χ1n) is 9.62. The molecule has 4 aromatic heterocycles. The fraction of sp³-hybridized carbons (Fsp3) is 0.286. The molecular weight excluding hydrogens is 366 g/mol. The second-order valence-corrected chi connectivity index (χ2v) is 6.99. The number of carbonyl (C=O) groups excluding carboxylic acids is 1. The van der Waals surface area contributed by atoms with Crippen molar-refractivity contribution in [3.8, 4) is 11.3 Å². The second-order valence-electron chi connectivity index (χ2n) is 6.99. The first kappa shape index (κ1) is 18.8. The number of nitrogens with zero attached hydrogens (tertiary/aromatic N) is 6. The van der Waals surface area contributed by atoms with E-state index in [-0.39, 0.29) is 5.91 Å². The highest BCUT2D eigenvalue weighted by atomic mass is 16.1. The van der Waals surface area contributed by atoms with Gasteiger partial charge >= 0.3 is 0 Å². The lowest BCUT2D eigenvalue weighted by Crippen LogP contribution is -2.27. The molecule has 0 aliphatic carbocycles. The molecule has 0 bridgehead atoms. The number of hydrogen-bond donors (Lipinski definition) is 1. The van der Waals surface area contributed by atoms with Crippen LogP contribution < -0.4 is 5.32 Å². The molecule has 0 saturated heterocycles. The van der Waals surface area contributed by atoms with Crippen LogP contribution in [0.4, 0.5) is 0 Å². The molecule has 1 amide bonds. The van der Waals surface area contributed by atoms with Crippen molar-refractivity contribution in [2.75, 3.05) is 6.54 Å². The largest absolute Gasteiger partial charge is 0.356 e. The fourth-order valence-electron chi connectivity index (χ4n) is 3.26. The monoisotopic (exact) mass is 389 g/mol. The summed E-state index contributed by atoms with van der Waals surface area (Å²) in [6, 6.07) is 9.75. The molecular formula is C21H23N7O. The van der Waals surface area contributed by atoms with Gasteiger partial charge in [-0.2, -0.15) is 10.2 Å². The van der Waals surface area contributed by atoms with Crippen molar-refractivity contribution < 1.29 is 4.79 Å². The number of aryl methyl sites for hydroxylation is 3. The summed E-state index contributed by atoms with van der Waals surface area (Å²) >= 11 is 0. The van der Waals surface area contributed by atoms with Crippen molar-refractivity contribution >= 4 is 11.6 Å². The number of aromatic nitrogens is 6. The number of nitrogens with one attached hydrogen (secondary N) is 1. The van der Waals surface area contributed by atoms with E-state index in [9.17, 15) is 4.79 Å². The van der Waals surface area contributed by atoms with Gasteiger partial charge in [-0.15, -0.1) is 0 Å². The summed E-state index contributed by atoms with van der Waals surface area (Å²) in [4.78, 5) is 20.8. The maximum absolute atomic E-state index is 12.1. The molecule has 0 saturated carbocycles. The Morgan fingerprint density at radius 3 is 2.69 bits per heavy atom. The van der Waals surface area contributed by atoms with Crippen molar-refractivity contribution in [2.45, 2.75) is 33.2 Å². The predicted octanol–water partition coefficient (Wildman–Crippen LogP) is 2.35. The number of rotatable bonds is 7. The number of fused-ring (bicyclic) bond motifs is 1. The summed E-state index contributed by atoms with van der Waals surface area (Å²) in [5, 5.41) is 11.9. The zero-order valence-corrected chi connectivity index (χ0v) is 16.5. The standard InChI is InChI=1S/C21H23N7O/c1-15-13-16(2)27(25-15)12-7-21(29)23-10-5-18-14-20-24-19(6-11-28(20)26-18)17-3-8-22-9-4-17/h3-4,6,8-9,11,13-14H,5,7,10,12H2,1-2H3,(H,23,29). The molecule has 0 aromatic carbocycles. The van der Waals surface area contributed by atoms with Crippen molar-refractivity contribution in [1.82, 2.24) is 34.7 Å². The van der Waals surface area contributed by atoms with E-state index in [1.165, 1.54) is 0 Å². The van der Waals surface area contributed by atoms with Gasteiger partial charge in [0.15, 0.2) is 5.65 Å². The van der Waals surface area contributed by atoms with Crippen LogP contribution in [0, 0.1) is 13.8 Å². The minimum Gasteiger partial charge on any atom is -0.356 e. The molecule has 0 spiro atoms. The number of amides is 1. The molecule has 4 rings (SSSR count). The third kappa shape index (κ3) is 4.48. The van der Waals surface area contributed by atoms with Gasteiger partial charge in [-0.3, -0.25) is 14.5 Å². The quantitative estimate of drug-likeness (QED) is 0.524. The van der Waals surface area contributed by atoms with E-state index in [4.69, 9.17) is 0 Å². The van der Waals surface area contributed by atoms with Gasteiger partial charge < -0.3 is 5.32 Å². The zero-order valence-electron chi connectivity index (χ0n) is 16.5. The molecule has 1 N–H and O–H groups in total. The molecule has 0 radical (unpaired) electrons. The van der Waals surface area contributed by atoms with Crippen LogP contribution in [0.2, 0.25) is 0 Å². The third-order valence-electron chi connectivity index (χ3n) is 4.71. The molecule has 4 heterocycles. The van der Waals surface area contributed by atoms with Crippen LogP contribution in [-0.2, 0) is 17.8 Å². The normalized spacial score (nSPS) is 11.1. The molecule has 148 valence electrons. The molecule has 0 atom stereocenters. The van der Waals surface area contributed by atoms with Crippen LogP contribution in [0.1, 0.15) is 23.5 Å². The van der Waals surface area contributed by atoms with E-state index in [2.05, 4.69) is 25.5 Å². The van der Waals surface area contributed by atoms with Gasteiger partial charge in [-0.1, -0.05) is 0 Å². The smallest absolute Gasteiger partial charge is 0.221 e. The highest BCUT2D eigenvalue weighted by Gasteiger charge is 2.08. The molecule has 8 nitrogen and oxygen atoms in total. The first-order valence-corrected chi connectivity index (χ1v) is 9.62. The minimum atomic E-state index is 0.0133. The van der Waals surface area contributed by atoms with E-state index < -0.39 is 0 Å². The number of pyridine rings is 1. The molecule has 4 aromatic rings. The van der Waals surface area contributed by atoms with Crippen LogP contribution in [0.15, 0.2) is 48.9 Å². The Labute approximate surface area is 168 Å². The molecule has 0 aliphatic heterocycles. The number of carbonyl (C=O) groups is 1. The average molecular weight is 389 g/mol. The van der Waals surface area contributed by atoms with Gasteiger partial charge in [0.2, 0.25) is 5.91 Å². The summed E-state index contributed by atoms with van der Waals surface area (Å²) in [5.41, 5.74) is 5.60. The highest BCUT2D eigenvalue weighted by molar-refractivity contribution is 5.75. The van der Waals surface area contributed by atoms with Crippen LogP contribution in [0.25, 0.3) is 16.9 Å². The lowest BCUT2D eigenvalue weighted by atomic mass is 10.2. The van der Waals surface area contributed by atoms with Crippen molar-refractivity contribution in [3.63, 3.8) is 0 Å². The van der Waals surface area contributed by atoms with Crippen LogP contribution in [-0.4, -0.2) is 41.8 Å². The Kier molecular flexibility index (Phi) is 5.33. The predicted molar refractivity (Wildman–Crippen MR) is 109 cm³/mol. The van der Waals surface area contributed by atoms with Crippen molar-refractivity contribution in [3.05, 3.63) is 66.0 Å². The van der Waals surface area contributed by atoms with E-state index in [0.717, 1.165) is 34.0 Å². The minimum absolute atomic E-state index is 0.0133. The summed E-state index contributed by atoms with van der Waals surface area (Å²) in [6.45, 7) is 5.07. The van der Waals surface area contributed by atoms with Gasteiger partial charge in [-0.05, 0) is 38.1 Å². The van der Waals surface area contributed by atoms with Crippen LogP contribution in [0.3, 0.4) is 0 Å². The Bertz CT molecular complexity index is 1130. The lowest BCUT2D eigenvalue weighted by Gasteiger charge is -2.05. The summed E-state index contributed by atoms with van der Waals surface area (Å²) in [6.07, 6.45) is 6.46. The lowest BCUT2D eigenvalue weighted by molar-refractivity contribution is -0.121. The van der Waals surface area contributed by atoms with Crippen LogP contribution in [0.5, 0.6) is 0 Å². The molecule has 29 heavy (non-hydrogen) atoms. The van der Waals surface area contributed by atoms with E-state index in [1.54, 1.807) is 16.9 Å². The van der Waals surface area contributed by atoms with Gasteiger partial charge in [0.05, 0.1) is 17.1 Å². The maximum Gasteiger partial charge on any atom is 0.221 e. The van der Waals surface area contributed by atoms with E-state index in [1.807, 2.05) is 55.1 Å². The molecule has 0 aliphatic rings. The summed E-state index contributed by atoms with van der Waals surface area (Å²) < 4.78 is 3.62. The molecule has 8 heteroatoms. The Balaban J connectivity index is 1.31. The second kappa shape index (κ2) is 8.22. The summed E-state index contributed by atoms with van der Waals surface area (Å²) in [7, 11) is 0. The highest BCUT2D eigenvalue weighted by Crippen LogP contribution is 2.16. The average Bonchev–Trinajstić information content (AvgIpc) is 3.28.